The zero-order chi connectivity index (χ0) is 12.3. The fourth-order valence-corrected chi connectivity index (χ4v) is 1.90. The Morgan fingerprint density at radius 3 is 2.94 bits per heavy atom. The summed E-state index contributed by atoms with van der Waals surface area (Å²) in [4.78, 5) is 4.14. The van der Waals surface area contributed by atoms with E-state index in [1.54, 1.807) is 0 Å². The molecule has 2 nitrogen and oxygen atoms in total. The van der Waals surface area contributed by atoms with Crippen molar-refractivity contribution in [3.8, 4) is 11.8 Å². The molecule has 1 heterocycles. The first-order valence-corrected chi connectivity index (χ1v) is 6.38. The van der Waals surface area contributed by atoms with Crippen molar-refractivity contribution in [2.75, 3.05) is 6.54 Å². The van der Waals surface area contributed by atoms with Crippen LogP contribution >= 0.6 is 0 Å². The zero-order valence-corrected chi connectivity index (χ0v) is 10.9. The summed E-state index contributed by atoms with van der Waals surface area (Å²) in [6, 6.07) is 4.71. The predicted octanol–water partition coefficient (Wildman–Crippen LogP) is 2.80. The van der Waals surface area contributed by atoms with Crippen LogP contribution in [0.25, 0.3) is 0 Å². The molecule has 0 saturated heterocycles. The first kappa shape index (κ1) is 13.7. The molecule has 17 heavy (non-hydrogen) atoms. The lowest BCUT2D eigenvalue weighted by Crippen LogP contribution is -2.29. The normalized spacial score (nSPS) is 11.6. The topological polar surface area (TPSA) is 24.9 Å². The van der Waals surface area contributed by atoms with Gasteiger partial charge in [0, 0.05) is 24.9 Å². The first-order valence-electron chi connectivity index (χ1n) is 6.38. The second-order valence-electron chi connectivity index (χ2n) is 4.12. The third-order valence-electron chi connectivity index (χ3n) is 2.79. The van der Waals surface area contributed by atoms with Gasteiger partial charge in [-0.1, -0.05) is 13.0 Å². The summed E-state index contributed by atoms with van der Waals surface area (Å²) in [5.41, 5.74) is 1.32. The molecule has 1 rings (SSSR count). The third-order valence-corrected chi connectivity index (χ3v) is 2.79. The molecular formula is C15H22N2. The van der Waals surface area contributed by atoms with Crippen molar-refractivity contribution in [2.24, 2.45) is 0 Å². The fraction of sp³-hybridized carbons (Fsp3) is 0.533. The van der Waals surface area contributed by atoms with E-state index in [0.29, 0.717) is 6.04 Å². The van der Waals surface area contributed by atoms with Gasteiger partial charge in [0.05, 0.1) is 0 Å². The van der Waals surface area contributed by atoms with E-state index in [1.807, 2.05) is 25.4 Å². The molecule has 2 heteroatoms. The van der Waals surface area contributed by atoms with Crippen molar-refractivity contribution >= 4 is 0 Å². The van der Waals surface area contributed by atoms with Crippen LogP contribution in [0.3, 0.4) is 0 Å². The number of hydrogen-bond donors (Lipinski definition) is 1. The quantitative estimate of drug-likeness (QED) is 0.729. The van der Waals surface area contributed by atoms with Crippen LogP contribution in [-0.4, -0.2) is 17.6 Å². The highest BCUT2D eigenvalue weighted by atomic mass is 14.9. The Morgan fingerprint density at radius 2 is 2.29 bits per heavy atom. The Labute approximate surface area is 105 Å². The van der Waals surface area contributed by atoms with Gasteiger partial charge >= 0.3 is 0 Å². The Hall–Kier alpha value is -1.33. The van der Waals surface area contributed by atoms with E-state index < -0.39 is 0 Å². The number of hydrogen-bond acceptors (Lipinski definition) is 2. The lowest BCUT2D eigenvalue weighted by atomic mass is 10.0. The number of aromatic nitrogens is 1. The van der Waals surface area contributed by atoms with Gasteiger partial charge in [0.25, 0.3) is 0 Å². The van der Waals surface area contributed by atoms with Crippen molar-refractivity contribution in [1.82, 2.24) is 10.3 Å². The van der Waals surface area contributed by atoms with Crippen LogP contribution < -0.4 is 5.32 Å². The highest BCUT2D eigenvalue weighted by Crippen LogP contribution is 2.07. The highest BCUT2D eigenvalue weighted by molar-refractivity contribution is 5.08. The van der Waals surface area contributed by atoms with E-state index in [2.05, 4.69) is 35.1 Å². The number of rotatable bonds is 7. The monoisotopic (exact) mass is 230 g/mol. The summed E-state index contributed by atoms with van der Waals surface area (Å²) in [6.07, 6.45) is 8.14. The SMILES string of the molecule is CC#CCCC(CCc1cccnc1)NCC. The molecule has 1 N–H and O–H groups in total. The van der Waals surface area contributed by atoms with Gasteiger partial charge in [-0.15, -0.1) is 11.8 Å². The number of nitrogens with zero attached hydrogens (tertiary/aromatic N) is 1. The molecule has 0 aliphatic rings. The maximum Gasteiger partial charge on any atom is 0.0299 e. The van der Waals surface area contributed by atoms with Crippen molar-refractivity contribution in [2.45, 2.75) is 45.6 Å². The molecule has 0 aliphatic heterocycles. The first-order chi connectivity index (χ1) is 8.36. The van der Waals surface area contributed by atoms with Crippen LogP contribution in [0.5, 0.6) is 0 Å². The molecule has 1 atom stereocenters. The van der Waals surface area contributed by atoms with Crippen LogP contribution in [0.15, 0.2) is 24.5 Å². The van der Waals surface area contributed by atoms with Crippen molar-refractivity contribution < 1.29 is 0 Å². The van der Waals surface area contributed by atoms with Gasteiger partial charge in [0.1, 0.15) is 0 Å². The van der Waals surface area contributed by atoms with Crippen LogP contribution in [-0.2, 0) is 6.42 Å². The third kappa shape index (κ3) is 6.09. The Morgan fingerprint density at radius 1 is 1.41 bits per heavy atom. The van der Waals surface area contributed by atoms with Crippen molar-refractivity contribution in [3.05, 3.63) is 30.1 Å². The van der Waals surface area contributed by atoms with Crippen LogP contribution in [0.2, 0.25) is 0 Å². The Balaban J connectivity index is 2.35. The van der Waals surface area contributed by atoms with E-state index in [-0.39, 0.29) is 0 Å². The molecule has 0 saturated carbocycles. The van der Waals surface area contributed by atoms with E-state index in [9.17, 15) is 0 Å². The molecule has 0 amide bonds. The summed E-state index contributed by atoms with van der Waals surface area (Å²) < 4.78 is 0. The van der Waals surface area contributed by atoms with Gasteiger partial charge in [-0.25, -0.2) is 0 Å². The molecule has 0 aromatic carbocycles. The summed E-state index contributed by atoms with van der Waals surface area (Å²) in [5, 5.41) is 3.52. The van der Waals surface area contributed by atoms with E-state index >= 15 is 0 Å². The molecule has 1 aromatic heterocycles. The van der Waals surface area contributed by atoms with Gasteiger partial charge in [-0.2, -0.15) is 0 Å². The van der Waals surface area contributed by atoms with E-state index in [1.165, 1.54) is 5.56 Å². The Kier molecular flexibility index (Phi) is 7.09. The molecule has 0 fully saturated rings. The molecule has 0 aliphatic carbocycles. The zero-order valence-electron chi connectivity index (χ0n) is 10.9. The van der Waals surface area contributed by atoms with Gasteiger partial charge in [0.2, 0.25) is 0 Å². The van der Waals surface area contributed by atoms with Crippen molar-refractivity contribution in [1.29, 1.82) is 0 Å². The molecule has 1 aromatic rings. The van der Waals surface area contributed by atoms with Crippen LogP contribution in [0.4, 0.5) is 0 Å². The van der Waals surface area contributed by atoms with Crippen LogP contribution in [0.1, 0.15) is 38.7 Å². The number of pyridine rings is 1. The summed E-state index contributed by atoms with van der Waals surface area (Å²) >= 11 is 0. The lowest BCUT2D eigenvalue weighted by Gasteiger charge is -2.16. The summed E-state index contributed by atoms with van der Waals surface area (Å²) in [5.74, 6) is 6.08. The second-order valence-corrected chi connectivity index (χ2v) is 4.12. The summed E-state index contributed by atoms with van der Waals surface area (Å²) in [7, 11) is 0. The van der Waals surface area contributed by atoms with Crippen LogP contribution in [0, 0.1) is 11.8 Å². The highest BCUT2D eigenvalue weighted by Gasteiger charge is 2.06. The average molecular weight is 230 g/mol. The number of nitrogens with one attached hydrogen (secondary N) is 1. The number of aryl methyl sites for hydroxylation is 1. The fourth-order valence-electron chi connectivity index (χ4n) is 1.90. The van der Waals surface area contributed by atoms with E-state index in [0.717, 1.165) is 32.2 Å². The van der Waals surface area contributed by atoms with Gasteiger partial charge in [-0.05, 0) is 44.4 Å². The molecule has 92 valence electrons. The van der Waals surface area contributed by atoms with E-state index in [4.69, 9.17) is 0 Å². The smallest absolute Gasteiger partial charge is 0.0299 e. The largest absolute Gasteiger partial charge is 0.314 e. The van der Waals surface area contributed by atoms with Gasteiger partial charge in [0.15, 0.2) is 0 Å². The molecule has 0 bridgehead atoms. The maximum atomic E-state index is 4.14. The standard InChI is InChI=1S/C15H22N2/c1-3-5-6-9-15(17-4-2)11-10-14-8-7-12-16-13-14/h7-8,12-13,15,17H,4,6,9-11H2,1-2H3. The lowest BCUT2D eigenvalue weighted by molar-refractivity contribution is 0.469. The minimum atomic E-state index is 0.570. The van der Waals surface area contributed by atoms with Gasteiger partial charge in [-0.3, -0.25) is 4.98 Å². The van der Waals surface area contributed by atoms with Gasteiger partial charge < -0.3 is 5.32 Å². The maximum absolute atomic E-state index is 4.14. The molecule has 1 unspecified atom stereocenters. The minimum absolute atomic E-state index is 0.570. The summed E-state index contributed by atoms with van der Waals surface area (Å²) in [6.45, 7) is 5.08. The van der Waals surface area contributed by atoms with Crippen molar-refractivity contribution in [3.63, 3.8) is 0 Å². The average Bonchev–Trinajstić information content (AvgIpc) is 2.37. The molecular weight excluding hydrogens is 208 g/mol. The second kappa shape index (κ2) is 8.78. The molecule has 0 spiro atoms. The Bertz CT molecular complexity index is 348. The minimum Gasteiger partial charge on any atom is -0.314 e. The predicted molar refractivity (Wildman–Crippen MR) is 72.7 cm³/mol. The molecule has 0 radical (unpaired) electrons.